The van der Waals surface area contributed by atoms with Gasteiger partial charge in [-0.2, -0.15) is 0 Å². The van der Waals surface area contributed by atoms with E-state index in [1.807, 2.05) is 56.3 Å². The first kappa shape index (κ1) is 18.7. The highest BCUT2D eigenvalue weighted by molar-refractivity contribution is 5.89. The van der Waals surface area contributed by atoms with Gasteiger partial charge < -0.3 is 18.9 Å². The number of nitrogens with zero attached hydrogens (tertiary/aromatic N) is 2. The maximum atomic E-state index is 6.26. The Balaban J connectivity index is 1.39. The fourth-order valence-corrected chi connectivity index (χ4v) is 4.33. The topological polar surface area (TPSA) is 62.7 Å². The zero-order chi connectivity index (χ0) is 20.0. The lowest BCUT2D eigenvalue weighted by Crippen LogP contribution is -2.34. The second-order valence-corrected chi connectivity index (χ2v) is 8.21. The number of hydrogen-bond acceptors (Lipinski definition) is 6. The largest absolute Gasteiger partial charge is 0.488 e. The van der Waals surface area contributed by atoms with Gasteiger partial charge >= 0.3 is 0 Å². The van der Waals surface area contributed by atoms with E-state index < -0.39 is 5.79 Å². The van der Waals surface area contributed by atoms with E-state index >= 15 is 0 Å². The molecular weight excluding hydrogens is 368 g/mol. The van der Waals surface area contributed by atoms with Crippen molar-refractivity contribution in [3.63, 3.8) is 0 Å². The Labute approximate surface area is 170 Å². The van der Waals surface area contributed by atoms with Crippen molar-refractivity contribution in [3.05, 3.63) is 42.5 Å². The summed E-state index contributed by atoms with van der Waals surface area (Å²) in [4.78, 5) is 9.48. The minimum atomic E-state index is -0.590. The molecule has 6 heteroatoms. The molecule has 4 atom stereocenters. The summed E-state index contributed by atoms with van der Waals surface area (Å²) in [5.74, 6) is 0.116. The van der Waals surface area contributed by atoms with Crippen LogP contribution in [0.3, 0.4) is 0 Å². The summed E-state index contributed by atoms with van der Waals surface area (Å²) in [6.07, 6.45) is 1.68. The zero-order valence-corrected chi connectivity index (χ0v) is 17.0. The molecule has 2 aromatic carbocycles. The Morgan fingerprint density at radius 1 is 0.897 bits per heavy atom. The lowest BCUT2D eigenvalue weighted by atomic mass is 10.1. The molecule has 5 rings (SSSR count). The van der Waals surface area contributed by atoms with Gasteiger partial charge in [-0.1, -0.05) is 31.5 Å². The van der Waals surface area contributed by atoms with Gasteiger partial charge in [0, 0.05) is 0 Å². The van der Waals surface area contributed by atoms with Crippen molar-refractivity contribution in [1.82, 2.24) is 9.97 Å². The van der Waals surface area contributed by atoms with Crippen LogP contribution >= 0.6 is 0 Å². The third-order valence-corrected chi connectivity index (χ3v) is 5.55. The Kier molecular flexibility index (Phi) is 4.65. The Morgan fingerprint density at radius 2 is 1.59 bits per heavy atom. The van der Waals surface area contributed by atoms with Crippen LogP contribution in [0.15, 0.2) is 42.5 Å². The predicted octanol–water partition coefficient (Wildman–Crippen LogP) is 4.25. The summed E-state index contributed by atoms with van der Waals surface area (Å²) < 4.78 is 24.7. The number of fused-ring (bicyclic) bond motifs is 3. The molecule has 4 unspecified atom stereocenters. The number of ether oxygens (including phenoxy) is 4. The van der Waals surface area contributed by atoms with E-state index in [1.165, 1.54) is 0 Å². The van der Waals surface area contributed by atoms with Crippen molar-refractivity contribution in [1.29, 1.82) is 0 Å². The highest BCUT2D eigenvalue weighted by Crippen LogP contribution is 2.40. The fraction of sp³-hybridized carbons (Fsp3) is 0.478. The Hall–Kier alpha value is -2.28. The Morgan fingerprint density at radius 3 is 2.34 bits per heavy atom. The molecule has 29 heavy (non-hydrogen) atoms. The summed E-state index contributed by atoms with van der Waals surface area (Å²) in [6.45, 7) is 6.45. The average molecular weight is 394 g/mol. The molecule has 2 saturated heterocycles. The molecular formula is C23H26N2O4. The van der Waals surface area contributed by atoms with E-state index in [-0.39, 0.29) is 24.4 Å². The summed E-state index contributed by atoms with van der Waals surface area (Å²) >= 11 is 0. The molecule has 3 heterocycles. The molecule has 0 N–H and O–H groups in total. The van der Waals surface area contributed by atoms with E-state index in [0.717, 1.165) is 34.9 Å². The van der Waals surface area contributed by atoms with Crippen LogP contribution in [-0.4, -0.2) is 46.8 Å². The van der Waals surface area contributed by atoms with Crippen molar-refractivity contribution < 1.29 is 18.9 Å². The van der Waals surface area contributed by atoms with Crippen LogP contribution in [0.1, 0.15) is 33.6 Å². The number of benzene rings is 2. The quantitative estimate of drug-likeness (QED) is 0.603. The molecule has 2 fully saturated rings. The Bertz CT molecular complexity index is 1040. The van der Waals surface area contributed by atoms with Gasteiger partial charge in [0.1, 0.15) is 36.2 Å². The predicted molar refractivity (Wildman–Crippen MR) is 110 cm³/mol. The minimum absolute atomic E-state index is 0.0385. The number of para-hydroxylation sites is 3. The molecule has 0 aliphatic carbocycles. The highest BCUT2D eigenvalue weighted by atomic mass is 16.8. The van der Waals surface area contributed by atoms with Gasteiger partial charge in [-0.25, -0.2) is 9.97 Å². The van der Waals surface area contributed by atoms with E-state index in [2.05, 4.69) is 6.92 Å². The first-order valence-corrected chi connectivity index (χ1v) is 10.3. The lowest BCUT2D eigenvalue weighted by molar-refractivity contribution is -0.189. The second-order valence-electron chi connectivity index (χ2n) is 8.21. The van der Waals surface area contributed by atoms with Crippen LogP contribution in [-0.2, 0) is 14.2 Å². The third kappa shape index (κ3) is 3.45. The first-order chi connectivity index (χ1) is 14.0. The van der Waals surface area contributed by atoms with Crippen molar-refractivity contribution in [2.75, 3.05) is 6.61 Å². The van der Waals surface area contributed by atoms with E-state index in [4.69, 9.17) is 28.9 Å². The molecule has 152 valence electrons. The van der Waals surface area contributed by atoms with Crippen molar-refractivity contribution in [2.24, 2.45) is 0 Å². The number of hydrogen-bond donors (Lipinski definition) is 0. The van der Waals surface area contributed by atoms with Crippen LogP contribution in [0.4, 0.5) is 0 Å². The SMILES string of the molecule is CCCC1OC(COc2cccc3nc4ccccc4nc23)C2OC(C)(C)OC12. The van der Waals surface area contributed by atoms with Gasteiger partial charge in [0.15, 0.2) is 5.79 Å². The van der Waals surface area contributed by atoms with Crippen LogP contribution in [0, 0.1) is 0 Å². The molecule has 2 aliphatic heterocycles. The molecule has 0 bridgehead atoms. The van der Waals surface area contributed by atoms with Crippen molar-refractivity contribution in [2.45, 2.75) is 63.8 Å². The molecule has 0 radical (unpaired) electrons. The molecule has 1 aromatic heterocycles. The summed E-state index contributed by atoms with van der Waals surface area (Å²) in [5.41, 5.74) is 3.30. The van der Waals surface area contributed by atoms with E-state index in [0.29, 0.717) is 12.4 Å². The lowest BCUT2D eigenvalue weighted by Gasteiger charge is -2.24. The van der Waals surface area contributed by atoms with Crippen LogP contribution < -0.4 is 4.74 Å². The second kappa shape index (κ2) is 7.20. The summed E-state index contributed by atoms with van der Waals surface area (Å²) in [5, 5.41) is 0. The maximum Gasteiger partial charge on any atom is 0.164 e. The van der Waals surface area contributed by atoms with Crippen molar-refractivity contribution >= 4 is 22.1 Å². The molecule has 0 amide bonds. The average Bonchev–Trinajstić information content (AvgIpc) is 3.18. The van der Waals surface area contributed by atoms with E-state index in [9.17, 15) is 0 Å². The minimum Gasteiger partial charge on any atom is -0.488 e. The van der Waals surface area contributed by atoms with Gasteiger partial charge in [0.2, 0.25) is 0 Å². The standard InChI is InChI=1S/C23H26N2O4/c1-4-8-18-21-22(29-23(2,3)28-21)19(27-18)13-26-17-12-7-11-16-20(17)25-15-10-6-5-9-14(15)24-16/h5-7,9-12,18-19,21-22H,4,8,13H2,1-3H3. The molecule has 0 spiro atoms. The first-order valence-electron chi connectivity index (χ1n) is 10.3. The number of rotatable bonds is 5. The number of aromatic nitrogens is 2. The summed E-state index contributed by atoms with van der Waals surface area (Å²) in [6, 6.07) is 13.7. The molecule has 6 nitrogen and oxygen atoms in total. The van der Waals surface area contributed by atoms with E-state index in [1.54, 1.807) is 0 Å². The van der Waals surface area contributed by atoms with Gasteiger partial charge in [0.25, 0.3) is 0 Å². The maximum absolute atomic E-state index is 6.26. The highest BCUT2D eigenvalue weighted by Gasteiger charge is 2.54. The van der Waals surface area contributed by atoms with Gasteiger partial charge in [0.05, 0.1) is 22.7 Å². The molecule has 2 aliphatic rings. The van der Waals surface area contributed by atoms with Crippen LogP contribution in [0.25, 0.3) is 22.1 Å². The zero-order valence-electron chi connectivity index (χ0n) is 17.0. The smallest absolute Gasteiger partial charge is 0.164 e. The van der Waals surface area contributed by atoms with Crippen molar-refractivity contribution in [3.8, 4) is 5.75 Å². The monoisotopic (exact) mass is 394 g/mol. The fourth-order valence-electron chi connectivity index (χ4n) is 4.33. The summed E-state index contributed by atoms with van der Waals surface area (Å²) in [7, 11) is 0. The molecule has 0 saturated carbocycles. The van der Waals surface area contributed by atoms with Crippen LogP contribution in [0.5, 0.6) is 5.75 Å². The normalized spacial score (nSPS) is 28.1. The molecule has 3 aromatic rings. The third-order valence-electron chi connectivity index (χ3n) is 5.55. The van der Waals surface area contributed by atoms with Gasteiger partial charge in [-0.3, -0.25) is 0 Å². The van der Waals surface area contributed by atoms with Gasteiger partial charge in [-0.05, 0) is 44.5 Å². The van der Waals surface area contributed by atoms with Gasteiger partial charge in [-0.15, -0.1) is 0 Å². The van der Waals surface area contributed by atoms with Crippen LogP contribution in [0.2, 0.25) is 0 Å².